The second kappa shape index (κ2) is 7.46. The van der Waals surface area contributed by atoms with E-state index in [0.717, 1.165) is 13.0 Å². The normalized spacial score (nSPS) is 17.6. The minimum atomic E-state index is -0.106. The lowest BCUT2D eigenvalue weighted by Gasteiger charge is -2.29. The minimum absolute atomic E-state index is 0.0989. The summed E-state index contributed by atoms with van der Waals surface area (Å²) in [6.07, 6.45) is 1.25. The van der Waals surface area contributed by atoms with Gasteiger partial charge < -0.3 is 19.9 Å². The molecule has 0 unspecified atom stereocenters. The van der Waals surface area contributed by atoms with Crippen LogP contribution in [-0.2, 0) is 22.5 Å². The Hall–Kier alpha value is -2.08. The van der Waals surface area contributed by atoms with Crippen LogP contribution in [0.5, 0.6) is 0 Å². The van der Waals surface area contributed by atoms with Gasteiger partial charge in [0.25, 0.3) is 0 Å². The van der Waals surface area contributed by atoms with Crippen molar-refractivity contribution in [3.05, 3.63) is 35.4 Å². The maximum absolute atomic E-state index is 12.3. The fourth-order valence-electron chi connectivity index (χ4n) is 3.02. The van der Waals surface area contributed by atoms with E-state index < -0.39 is 0 Å². The molecule has 1 aromatic carbocycles. The summed E-state index contributed by atoms with van der Waals surface area (Å²) in [5.41, 5.74) is 2.56. The van der Waals surface area contributed by atoms with Crippen molar-refractivity contribution < 1.29 is 14.3 Å². The molecule has 23 heavy (non-hydrogen) atoms. The average molecular weight is 317 g/mol. The molecule has 1 N–H and O–H groups in total. The highest BCUT2D eigenvalue weighted by atomic mass is 16.5. The van der Waals surface area contributed by atoms with E-state index in [0.29, 0.717) is 45.8 Å². The van der Waals surface area contributed by atoms with E-state index in [1.54, 1.807) is 4.90 Å². The first kappa shape index (κ1) is 15.8. The van der Waals surface area contributed by atoms with E-state index >= 15 is 0 Å². The van der Waals surface area contributed by atoms with Gasteiger partial charge in [0.1, 0.15) is 0 Å². The molecule has 1 saturated heterocycles. The summed E-state index contributed by atoms with van der Waals surface area (Å²) in [5, 5.41) is 2.83. The van der Waals surface area contributed by atoms with Gasteiger partial charge in [0.2, 0.25) is 5.91 Å². The van der Waals surface area contributed by atoms with Gasteiger partial charge in [-0.1, -0.05) is 24.3 Å². The van der Waals surface area contributed by atoms with Gasteiger partial charge in [-0.25, -0.2) is 4.79 Å². The molecule has 2 aliphatic heterocycles. The maximum atomic E-state index is 12.3. The molecule has 2 aliphatic rings. The van der Waals surface area contributed by atoms with Gasteiger partial charge in [-0.2, -0.15) is 0 Å². The van der Waals surface area contributed by atoms with Crippen molar-refractivity contribution >= 4 is 11.9 Å². The second-order valence-corrected chi connectivity index (χ2v) is 5.92. The van der Waals surface area contributed by atoms with Gasteiger partial charge in [0, 0.05) is 39.1 Å². The Morgan fingerprint density at radius 2 is 1.78 bits per heavy atom. The molecule has 6 heteroatoms. The number of nitrogens with one attached hydrogen (secondary N) is 1. The van der Waals surface area contributed by atoms with Crippen molar-refractivity contribution in [1.29, 1.82) is 0 Å². The number of nitrogens with zero attached hydrogens (tertiary/aromatic N) is 2. The van der Waals surface area contributed by atoms with Crippen LogP contribution >= 0.6 is 0 Å². The van der Waals surface area contributed by atoms with Crippen molar-refractivity contribution in [2.45, 2.75) is 19.4 Å². The number of carbonyl (C=O) groups excluding carboxylic acids is 2. The van der Waals surface area contributed by atoms with Gasteiger partial charge in [0.05, 0.1) is 13.2 Å². The highest BCUT2D eigenvalue weighted by Crippen LogP contribution is 2.18. The van der Waals surface area contributed by atoms with E-state index in [-0.39, 0.29) is 11.9 Å². The van der Waals surface area contributed by atoms with Crippen molar-refractivity contribution in [2.75, 3.05) is 39.4 Å². The van der Waals surface area contributed by atoms with Crippen LogP contribution in [0.4, 0.5) is 4.79 Å². The van der Waals surface area contributed by atoms with Crippen LogP contribution in [0.25, 0.3) is 0 Å². The lowest BCUT2D eigenvalue weighted by molar-refractivity contribution is -0.131. The predicted octanol–water partition coefficient (Wildman–Crippen LogP) is 1.00. The first-order valence-electron chi connectivity index (χ1n) is 8.19. The number of carbonyl (C=O) groups is 2. The fraction of sp³-hybridized carbons (Fsp3) is 0.529. The SMILES string of the molecule is O=C(CCNC(=O)N1CCOCC1)N1CCc2ccccc2C1. The minimum Gasteiger partial charge on any atom is -0.378 e. The summed E-state index contributed by atoms with van der Waals surface area (Å²) in [6.45, 7) is 4.21. The molecule has 0 atom stereocenters. The van der Waals surface area contributed by atoms with Crippen LogP contribution in [0.15, 0.2) is 24.3 Å². The number of hydrogen-bond donors (Lipinski definition) is 1. The Balaban J connectivity index is 1.42. The molecule has 3 rings (SSSR count). The van der Waals surface area contributed by atoms with E-state index in [9.17, 15) is 9.59 Å². The van der Waals surface area contributed by atoms with Crippen LogP contribution in [0.1, 0.15) is 17.5 Å². The summed E-state index contributed by atoms with van der Waals surface area (Å²) in [7, 11) is 0. The number of amides is 3. The molecule has 0 saturated carbocycles. The molecular weight excluding hydrogens is 294 g/mol. The fourth-order valence-corrected chi connectivity index (χ4v) is 3.02. The van der Waals surface area contributed by atoms with Gasteiger partial charge in [-0.05, 0) is 17.5 Å². The Bertz CT molecular complexity index is 570. The number of ether oxygens (including phenoxy) is 1. The highest BCUT2D eigenvalue weighted by molar-refractivity contribution is 5.78. The van der Waals surface area contributed by atoms with Gasteiger partial charge in [-0.3, -0.25) is 4.79 Å². The highest BCUT2D eigenvalue weighted by Gasteiger charge is 2.21. The molecule has 0 bridgehead atoms. The lowest BCUT2D eigenvalue weighted by atomic mass is 10.00. The van der Waals surface area contributed by atoms with Crippen LogP contribution in [0.3, 0.4) is 0 Å². The van der Waals surface area contributed by atoms with Crippen LogP contribution in [0.2, 0.25) is 0 Å². The molecule has 1 aromatic rings. The Morgan fingerprint density at radius 3 is 2.57 bits per heavy atom. The second-order valence-electron chi connectivity index (χ2n) is 5.92. The van der Waals surface area contributed by atoms with Crippen molar-refractivity contribution in [3.8, 4) is 0 Å². The molecule has 124 valence electrons. The molecule has 0 aliphatic carbocycles. The van der Waals surface area contributed by atoms with Crippen LogP contribution in [0, 0.1) is 0 Å². The monoisotopic (exact) mass is 317 g/mol. The summed E-state index contributed by atoms with van der Waals surface area (Å²) in [5.74, 6) is 0.0989. The first-order chi connectivity index (χ1) is 11.2. The molecule has 1 fully saturated rings. The largest absolute Gasteiger partial charge is 0.378 e. The summed E-state index contributed by atoms with van der Waals surface area (Å²) < 4.78 is 5.22. The summed E-state index contributed by atoms with van der Waals surface area (Å²) >= 11 is 0. The van der Waals surface area contributed by atoms with E-state index in [2.05, 4.69) is 17.4 Å². The third-order valence-corrected chi connectivity index (χ3v) is 4.40. The number of hydrogen-bond acceptors (Lipinski definition) is 3. The van der Waals surface area contributed by atoms with Crippen molar-refractivity contribution in [1.82, 2.24) is 15.1 Å². The molecule has 0 radical (unpaired) electrons. The number of rotatable bonds is 3. The lowest BCUT2D eigenvalue weighted by Crippen LogP contribution is -2.47. The zero-order valence-corrected chi connectivity index (χ0v) is 13.3. The third-order valence-electron chi connectivity index (χ3n) is 4.40. The van der Waals surface area contributed by atoms with E-state index in [1.165, 1.54) is 11.1 Å². The predicted molar refractivity (Wildman–Crippen MR) is 86.0 cm³/mol. The molecule has 0 spiro atoms. The van der Waals surface area contributed by atoms with Crippen molar-refractivity contribution in [2.24, 2.45) is 0 Å². The molecular formula is C17H23N3O3. The van der Waals surface area contributed by atoms with Gasteiger partial charge >= 0.3 is 6.03 Å². The molecule has 2 heterocycles. The van der Waals surface area contributed by atoms with Crippen LogP contribution in [-0.4, -0.2) is 61.1 Å². The summed E-state index contributed by atoms with van der Waals surface area (Å²) in [6, 6.07) is 8.15. The quantitative estimate of drug-likeness (QED) is 0.905. The molecule has 6 nitrogen and oxygen atoms in total. The topological polar surface area (TPSA) is 61.9 Å². The number of morpholine rings is 1. The number of fused-ring (bicyclic) bond motifs is 1. The number of urea groups is 1. The van der Waals surface area contributed by atoms with Crippen molar-refractivity contribution in [3.63, 3.8) is 0 Å². The maximum Gasteiger partial charge on any atom is 0.317 e. The first-order valence-corrected chi connectivity index (χ1v) is 8.19. The molecule has 0 aromatic heterocycles. The van der Waals surface area contributed by atoms with Gasteiger partial charge in [-0.15, -0.1) is 0 Å². The average Bonchev–Trinajstić information content (AvgIpc) is 2.61. The third kappa shape index (κ3) is 4.01. The summed E-state index contributed by atoms with van der Waals surface area (Å²) in [4.78, 5) is 27.9. The smallest absolute Gasteiger partial charge is 0.317 e. The van der Waals surface area contributed by atoms with Gasteiger partial charge in [0.15, 0.2) is 0 Å². The Kier molecular flexibility index (Phi) is 5.12. The zero-order chi connectivity index (χ0) is 16.1. The Morgan fingerprint density at radius 1 is 1.04 bits per heavy atom. The van der Waals surface area contributed by atoms with E-state index in [1.807, 2.05) is 17.0 Å². The zero-order valence-electron chi connectivity index (χ0n) is 13.3. The number of benzene rings is 1. The molecule has 3 amide bonds. The van der Waals surface area contributed by atoms with E-state index in [4.69, 9.17) is 4.74 Å². The standard InChI is InChI=1S/C17H23N3O3/c21-16(5-7-18-17(22)19-9-11-23-12-10-19)20-8-6-14-3-1-2-4-15(14)13-20/h1-4H,5-13H2,(H,18,22). The Labute approximate surface area is 136 Å². The van der Waals surface area contributed by atoms with Crippen LogP contribution < -0.4 is 5.32 Å².